The number of benzene rings is 2. The minimum Gasteiger partial charge on any atom is -0.495 e. The van der Waals surface area contributed by atoms with Gasteiger partial charge in [-0.05, 0) is 37.3 Å². The van der Waals surface area contributed by atoms with Crippen molar-refractivity contribution in [1.29, 1.82) is 0 Å². The summed E-state index contributed by atoms with van der Waals surface area (Å²) >= 11 is 0. The van der Waals surface area contributed by atoms with Gasteiger partial charge in [0.05, 0.1) is 18.4 Å². The number of methoxy groups -OCH3 is 1. The molecule has 130 valence electrons. The van der Waals surface area contributed by atoms with Crippen LogP contribution in [-0.4, -0.2) is 31.9 Å². The molecule has 1 amide bonds. The smallest absolute Gasteiger partial charge is 0.339 e. The van der Waals surface area contributed by atoms with Crippen molar-refractivity contribution < 1.29 is 28.5 Å². The number of ether oxygens (including phenoxy) is 4. The summed E-state index contributed by atoms with van der Waals surface area (Å²) in [6, 6.07) is 11.7. The van der Waals surface area contributed by atoms with Gasteiger partial charge in [-0.2, -0.15) is 0 Å². The van der Waals surface area contributed by atoms with Crippen LogP contribution in [0.15, 0.2) is 42.5 Å². The van der Waals surface area contributed by atoms with E-state index in [0.29, 0.717) is 22.9 Å². The van der Waals surface area contributed by atoms with E-state index in [1.165, 1.54) is 20.1 Å². The van der Waals surface area contributed by atoms with Crippen LogP contribution < -0.4 is 19.5 Å². The molecule has 25 heavy (non-hydrogen) atoms. The number of carbonyl (C=O) groups is 2. The number of anilines is 1. The second-order valence-corrected chi connectivity index (χ2v) is 5.31. The lowest BCUT2D eigenvalue weighted by Gasteiger charge is -2.15. The van der Waals surface area contributed by atoms with Crippen LogP contribution in [0.5, 0.6) is 17.2 Å². The highest BCUT2D eigenvalue weighted by Gasteiger charge is 2.22. The van der Waals surface area contributed by atoms with E-state index in [-0.39, 0.29) is 12.4 Å². The number of carbonyl (C=O) groups excluding carboxylic acids is 2. The highest BCUT2D eigenvalue weighted by atomic mass is 16.7. The molecule has 0 aromatic heterocycles. The van der Waals surface area contributed by atoms with Crippen molar-refractivity contribution in [3.05, 3.63) is 48.0 Å². The third kappa shape index (κ3) is 3.65. The van der Waals surface area contributed by atoms with E-state index < -0.39 is 18.0 Å². The Balaban J connectivity index is 1.64. The number of para-hydroxylation sites is 2. The predicted octanol–water partition coefficient (Wildman–Crippen LogP) is 2.61. The Labute approximate surface area is 144 Å². The summed E-state index contributed by atoms with van der Waals surface area (Å²) in [6.45, 7) is 1.61. The number of hydrogen-bond donors (Lipinski definition) is 1. The van der Waals surface area contributed by atoms with Gasteiger partial charge in [-0.1, -0.05) is 12.1 Å². The van der Waals surface area contributed by atoms with Crippen molar-refractivity contribution >= 4 is 17.6 Å². The molecule has 1 N–H and O–H groups in total. The van der Waals surface area contributed by atoms with Gasteiger partial charge in [-0.3, -0.25) is 4.79 Å². The molecule has 0 saturated carbocycles. The van der Waals surface area contributed by atoms with Crippen LogP contribution in [0, 0.1) is 0 Å². The molecule has 1 atom stereocenters. The van der Waals surface area contributed by atoms with Crippen LogP contribution in [0.1, 0.15) is 17.3 Å². The second-order valence-electron chi connectivity index (χ2n) is 5.31. The van der Waals surface area contributed by atoms with Gasteiger partial charge in [0.2, 0.25) is 6.79 Å². The van der Waals surface area contributed by atoms with Crippen LogP contribution in [-0.2, 0) is 9.53 Å². The molecule has 0 unspecified atom stereocenters. The van der Waals surface area contributed by atoms with E-state index >= 15 is 0 Å². The maximum Gasteiger partial charge on any atom is 0.339 e. The summed E-state index contributed by atoms with van der Waals surface area (Å²) in [6.07, 6.45) is -0.983. The molecule has 1 aliphatic heterocycles. The molecule has 0 bridgehead atoms. The van der Waals surface area contributed by atoms with E-state index in [1.807, 2.05) is 0 Å². The van der Waals surface area contributed by atoms with Crippen LogP contribution in [0.2, 0.25) is 0 Å². The molecule has 1 aliphatic rings. The molecular formula is C18H17NO6. The van der Waals surface area contributed by atoms with Crippen LogP contribution in [0.4, 0.5) is 5.69 Å². The van der Waals surface area contributed by atoms with Crippen molar-refractivity contribution in [1.82, 2.24) is 0 Å². The Morgan fingerprint density at radius 3 is 2.68 bits per heavy atom. The zero-order chi connectivity index (χ0) is 17.8. The van der Waals surface area contributed by atoms with Gasteiger partial charge < -0.3 is 24.3 Å². The van der Waals surface area contributed by atoms with Gasteiger partial charge >= 0.3 is 5.97 Å². The van der Waals surface area contributed by atoms with Crippen molar-refractivity contribution in [2.75, 3.05) is 19.2 Å². The summed E-state index contributed by atoms with van der Waals surface area (Å²) in [4.78, 5) is 24.5. The molecule has 7 heteroatoms. The average molecular weight is 343 g/mol. The lowest BCUT2D eigenvalue weighted by atomic mass is 10.2. The summed E-state index contributed by atoms with van der Waals surface area (Å²) in [5.41, 5.74) is 0.780. The Hall–Kier alpha value is -3.22. The lowest BCUT2D eigenvalue weighted by molar-refractivity contribution is -0.123. The molecule has 2 aromatic carbocycles. The second kappa shape index (κ2) is 7.12. The minimum atomic E-state index is -0.983. The third-order valence-corrected chi connectivity index (χ3v) is 3.63. The van der Waals surface area contributed by atoms with E-state index in [0.717, 1.165) is 0 Å². The number of fused-ring (bicyclic) bond motifs is 1. The van der Waals surface area contributed by atoms with Crippen molar-refractivity contribution in [3.8, 4) is 17.2 Å². The standard InChI is InChI=1S/C18H17NO6/c1-11(17(20)19-13-5-3-4-6-14(13)22-2)25-18(21)12-7-8-15-16(9-12)24-10-23-15/h3-9,11H,10H2,1-2H3,(H,19,20)/t11-/m0/s1. The van der Waals surface area contributed by atoms with E-state index in [9.17, 15) is 9.59 Å². The van der Waals surface area contributed by atoms with Gasteiger partial charge in [0.15, 0.2) is 17.6 Å². The summed E-state index contributed by atoms with van der Waals surface area (Å²) in [5.74, 6) is 0.476. The number of nitrogens with one attached hydrogen (secondary N) is 1. The topological polar surface area (TPSA) is 83.1 Å². The number of hydrogen-bond acceptors (Lipinski definition) is 6. The van der Waals surface area contributed by atoms with Gasteiger partial charge in [-0.15, -0.1) is 0 Å². The molecule has 0 radical (unpaired) electrons. The zero-order valence-corrected chi connectivity index (χ0v) is 13.8. The van der Waals surface area contributed by atoms with E-state index in [4.69, 9.17) is 18.9 Å². The summed E-state index contributed by atoms with van der Waals surface area (Å²) in [7, 11) is 1.51. The minimum absolute atomic E-state index is 0.117. The molecule has 7 nitrogen and oxygen atoms in total. The molecule has 3 rings (SSSR count). The average Bonchev–Trinajstić information content (AvgIpc) is 3.09. The Morgan fingerprint density at radius 1 is 1.12 bits per heavy atom. The van der Waals surface area contributed by atoms with Crippen LogP contribution in [0.25, 0.3) is 0 Å². The number of amides is 1. The maximum atomic E-state index is 12.2. The third-order valence-electron chi connectivity index (χ3n) is 3.63. The van der Waals surface area contributed by atoms with Crippen molar-refractivity contribution in [3.63, 3.8) is 0 Å². The van der Waals surface area contributed by atoms with Gasteiger partial charge in [0.25, 0.3) is 5.91 Å². The highest BCUT2D eigenvalue weighted by molar-refractivity contribution is 5.98. The van der Waals surface area contributed by atoms with Crippen LogP contribution in [0.3, 0.4) is 0 Å². The Bertz CT molecular complexity index is 804. The molecule has 0 aliphatic carbocycles. The van der Waals surface area contributed by atoms with E-state index in [1.54, 1.807) is 36.4 Å². The molecule has 0 saturated heterocycles. The van der Waals surface area contributed by atoms with Gasteiger partial charge in [0, 0.05) is 0 Å². The number of rotatable bonds is 5. The maximum absolute atomic E-state index is 12.2. The van der Waals surface area contributed by atoms with Crippen molar-refractivity contribution in [2.45, 2.75) is 13.0 Å². The largest absolute Gasteiger partial charge is 0.495 e. The van der Waals surface area contributed by atoms with Crippen molar-refractivity contribution in [2.24, 2.45) is 0 Å². The molecular weight excluding hydrogens is 326 g/mol. The first-order valence-corrected chi connectivity index (χ1v) is 7.63. The zero-order valence-electron chi connectivity index (χ0n) is 13.8. The van der Waals surface area contributed by atoms with E-state index in [2.05, 4.69) is 5.32 Å². The summed E-state index contributed by atoms with van der Waals surface area (Å²) in [5, 5.41) is 2.67. The SMILES string of the molecule is COc1ccccc1NC(=O)[C@H](C)OC(=O)c1ccc2c(c1)OCO2. The normalized spacial score (nSPS) is 13.0. The van der Waals surface area contributed by atoms with Crippen LogP contribution >= 0.6 is 0 Å². The quantitative estimate of drug-likeness (QED) is 0.840. The van der Waals surface area contributed by atoms with Gasteiger partial charge in [-0.25, -0.2) is 4.79 Å². The first kappa shape index (κ1) is 16.6. The lowest BCUT2D eigenvalue weighted by Crippen LogP contribution is -2.30. The molecule has 1 heterocycles. The molecule has 0 fully saturated rings. The Kier molecular flexibility index (Phi) is 4.74. The highest BCUT2D eigenvalue weighted by Crippen LogP contribution is 2.32. The fourth-order valence-electron chi connectivity index (χ4n) is 2.29. The Morgan fingerprint density at radius 2 is 1.88 bits per heavy atom. The van der Waals surface area contributed by atoms with Gasteiger partial charge in [0.1, 0.15) is 5.75 Å². The fourth-order valence-corrected chi connectivity index (χ4v) is 2.29. The summed E-state index contributed by atoms with van der Waals surface area (Å²) < 4.78 is 20.8. The molecule has 0 spiro atoms. The predicted molar refractivity (Wildman–Crippen MR) is 89.1 cm³/mol. The first-order chi connectivity index (χ1) is 12.1. The fraction of sp³-hybridized carbons (Fsp3) is 0.222. The number of esters is 1. The molecule has 2 aromatic rings. The first-order valence-electron chi connectivity index (χ1n) is 7.63. The monoisotopic (exact) mass is 343 g/mol.